The molecule has 1 saturated heterocycles. The van der Waals surface area contributed by atoms with Gasteiger partial charge in [-0.15, -0.1) is 0 Å². The van der Waals surface area contributed by atoms with Gasteiger partial charge in [0.25, 0.3) is 0 Å². The summed E-state index contributed by atoms with van der Waals surface area (Å²) in [5.74, 6) is -1.26. The zero-order valence-corrected chi connectivity index (χ0v) is 12.4. The Hall–Kier alpha value is -1.67. The molecular formula is C13H17FN2O4S. The van der Waals surface area contributed by atoms with E-state index in [-0.39, 0.29) is 10.6 Å². The van der Waals surface area contributed by atoms with Crippen LogP contribution in [0.25, 0.3) is 0 Å². The molecule has 1 aromatic carbocycles. The third-order valence-corrected chi connectivity index (χ3v) is 5.38. The maximum absolute atomic E-state index is 13.3. The van der Waals surface area contributed by atoms with Crippen molar-refractivity contribution in [1.29, 1.82) is 0 Å². The van der Waals surface area contributed by atoms with Crippen molar-refractivity contribution in [3.63, 3.8) is 0 Å². The number of anilines is 1. The molecule has 1 heterocycles. The second kappa shape index (κ2) is 5.98. The predicted octanol–water partition coefficient (Wildman–Crippen LogP) is 0.429. The lowest BCUT2D eigenvalue weighted by Gasteiger charge is -2.29. The van der Waals surface area contributed by atoms with Crippen molar-refractivity contribution in [1.82, 2.24) is 4.90 Å². The maximum Gasteiger partial charge on any atom is 0.241 e. The van der Waals surface area contributed by atoms with Crippen molar-refractivity contribution in [2.75, 3.05) is 32.0 Å². The summed E-state index contributed by atoms with van der Waals surface area (Å²) < 4.78 is 43.3. The van der Waals surface area contributed by atoms with Crippen LogP contribution in [0.4, 0.5) is 10.1 Å². The number of amides is 1. The molecule has 0 aliphatic carbocycles. The summed E-state index contributed by atoms with van der Waals surface area (Å²) in [6, 6.07) is 3.05. The molecule has 0 bridgehead atoms. The van der Waals surface area contributed by atoms with Gasteiger partial charge in [-0.25, -0.2) is 12.8 Å². The summed E-state index contributed by atoms with van der Waals surface area (Å²) >= 11 is 0. The molecule has 8 heteroatoms. The molecule has 6 nitrogen and oxygen atoms in total. The van der Waals surface area contributed by atoms with Crippen molar-refractivity contribution < 1.29 is 22.3 Å². The second-order valence-electron chi connectivity index (χ2n) is 4.85. The number of ether oxygens (including phenoxy) is 1. The van der Waals surface area contributed by atoms with Gasteiger partial charge in [-0.3, -0.25) is 4.79 Å². The number of rotatable bonds is 3. The summed E-state index contributed by atoms with van der Waals surface area (Å²) in [6.45, 7) is 2.76. The number of halogens is 1. The van der Waals surface area contributed by atoms with Gasteiger partial charge in [0.05, 0.1) is 18.1 Å². The van der Waals surface area contributed by atoms with Crippen LogP contribution in [0.5, 0.6) is 0 Å². The van der Waals surface area contributed by atoms with Crippen molar-refractivity contribution in [2.45, 2.75) is 17.1 Å². The van der Waals surface area contributed by atoms with Crippen molar-refractivity contribution >= 4 is 21.4 Å². The van der Waals surface area contributed by atoms with Crippen LogP contribution in [-0.2, 0) is 19.4 Å². The molecule has 2 rings (SSSR count). The first-order chi connectivity index (χ1) is 9.82. The molecule has 1 aliphatic rings. The summed E-state index contributed by atoms with van der Waals surface area (Å²) in [6.07, 6.45) is 0. The van der Waals surface area contributed by atoms with Crippen LogP contribution in [0.3, 0.4) is 0 Å². The molecule has 2 N–H and O–H groups in total. The first-order valence-corrected chi connectivity index (χ1v) is 8.03. The molecule has 0 spiro atoms. The predicted molar refractivity (Wildman–Crippen MR) is 74.9 cm³/mol. The number of sulfone groups is 1. The lowest BCUT2D eigenvalue weighted by Crippen LogP contribution is -2.47. The average Bonchev–Trinajstić information content (AvgIpc) is 2.45. The third-order valence-electron chi connectivity index (χ3n) is 3.36. The Kier molecular flexibility index (Phi) is 4.48. The zero-order chi connectivity index (χ0) is 15.6. The highest BCUT2D eigenvalue weighted by atomic mass is 32.2. The molecule has 0 aromatic heterocycles. The molecule has 0 saturated carbocycles. The molecule has 21 heavy (non-hydrogen) atoms. The Morgan fingerprint density at radius 2 is 1.95 bits per heavy atom. The number of morpholine rings is 1. The van der Waals surface area contributed by atoms with E-state index in [1.54, 1.807) is 0 Å². The van der Waals surface area contributed by atoms with E-state index in [0.29, 0.717) is 26.3 Å². The molecule has 1 atom stereocenters. The normalized spacial score (nSPS) is 17.5. The van der Waals surface area contributed by atoms with Crippen molar-refractivity contribution in [3.05, 3.63) is 24.0 Å². The fourth-order valence-corrected chi connectivity index (χ4v) is 3.53. The smallest absolute Gasteiger partial charge is 0.241 e. The van der Waals surface area contributed by atoms with Gasteiger partial charge >= 0.3 is 0 Å². The Morgan fingerprint density at radius 3 is 2.52 bits per heavy atom. The fourth-order valence-electron chi connectivity index (χ4n) is 2.13. The van der Waals surface area contributed by atoms with Crippen LogP contribution in [0.1, 0.15) is 6.92 Å². The molecule has 1 aromatic rings. The third kappa shape index (κ3) is 3.33. The quantitative estimate of drug-likeness (QED) is 0.817. The van der Waals surface area contributed by atoms with Crippen LogP contribution in [0, 0.1) is 5.82 Å². The average molecular weight is 316 g/mol. The van der Waals surface area contributed by atoms with E-state index in [0.717, 1.165) is 18.2 Å². The first kappa shape index (κ1) is 15.7. The number of hydrogen-bond acceptors (Lipinski definition) is 5. The lowest BCUT2D eigenvalue weighted by molar-refractivity contribution is -0.134. The van der Waals surface area contributed by atoms with E-state index >= 15 is 0 Å². The van der Waals surface area contributed by atoms with E-state index in [9.17, 15) is 17.6 Å². The maximum atomic E-state index is 13.3. The zero-order valence-electron chi connectivity index (χ0n) is 11.6. The van der Waals surface area contributed by atoms with E-state index in [2.05, 4.69) is 0 Å². The largest absolute Gasteiger partial charge is 0.399 e. The van der Waals surface area contributed by atoms with Gasteiger partial charge in [-0.2, -0.15) is 0 Å². The van der Waals surface area contributed by atoms with Gasteiger partial charge in [-0.05, 0) is 25.1 Å². The van der Waals surface area contributed by atoms with Crippen molar-refractivity contribution in [2.24, 2.45) is 0 Å². The Balaban J connectivity index is 2.27. The van der Waals surface area contributed by atoms with Crippen LogP contribution < -0.4 is 5.73 Å². The number of nitrogen functional groups attached to an aromatic ring is 1. The van der Waals surface area contributed by atoms with Gasteiger partial charge in [0.15, 0.2) is 9.84 Å². The number of nitrogens with two attached hydrogens (primary N) is 1. The van der Waals surface area contributed by atoms with Gasteiger partial charge in [0.1, 0.15) is 11.1 Å². The second-order valence-corrected chi connectivity index (χ2v) is 7.11. The molecule has 116 valence electrons. The molecule has 1 fully saturated rings. The van der Waals surface area contributed by atoms with E-state index in [1.807, 2.05) is 0 Å². The van der Waals surface area contributed by atoms with E-state index < -0.39 is 26.8 Å². The SMILES string of the molecule is CC(C(=O)N1CCOCC1)S(=O)(=O)c1cc(N)cc(F)c1. The van der Waals surface area contributed by atoms with Crippen LogP contribution >= 0.6 is 0 Å². The standard InChI is InChI=1S/C13H17FN2O4S/c1-9(13(17)16-2-4-20-5-3-16)21(18,19)12-7-10(14)6-11(15)8-12/h6-9H,2-5,15H2,1H3. The molecule has 1 unspecified atom stereocenters. The fraction of sp³-hybridized carbons (Fsp3) is 0.462. The minimum Gasteiger partial charge on any atom is -0.399 e. The van der Waals surface area contributed by atoms with Gasteiger partial charge in [-0.1, -0.05) is 0 Å². The molecular weight excluding hydrogens is 299 g/mol. The summed E-state index contributed by atoms with van der Waals surface area (Å²) in [5, 5.41) is -1.29. The highest BCUT2D eigenvalue weighted by Gasteiger charge is 2.34. The van der Waals surface area contributed by atoms with Crippen LogP contribution in [0.15, 0.2) is 23.1 Å². The van der Waals surface area contributed by atoms with Crippen LogP contribution in [0.2, 0.25) is 0 Å². The Bertz CT molecular complexity index is 621. The minimum absolute atomic E-state index is 0.000374. The molecule has 0 radical (unpaired) electrons. The Labute approximate surface area is 122 Å². The number of carbonyl (C=O) groups is 1. The number of benzene rings is 1. The summed E-state index contributed by atoms with van der Waals surface area (Å²) in [5.41, 5.74) is 5.46. The first-order valence-electron chi connectivity index (χ1n) is 6.49. The number of hydrogen-bond donors (Lipinski definition) is 1. The lowest BCUT2D eigenvalue weighted by atomic mass is 10.3. The van der Waals surface area contributed by atoms with Crippen LogP contribution in [-0.4, -0.2) is 50.8 Å². The van der Waals surface area contributed by atoms with E-state index in [4.69, 9.17) is 10.5 Å². The van der Waals surface area contributed by atoms with Gasteiger partial charge in [0.2, 0.25) is 5.91 Å². The summed E-state index contributed by atoms with van der Waals surface area (Å²) in [7, 11) is -3.98. The number of carbonyl (C=O) groups excluding carboxylic acids is 1. The van der Waals surface area contributed by atoms with Crippen molar-refractivity contribution in [3.8, 4) is 0 Å². The molecule has 1 aliphatic heterocycles. The monoisotopic (exact) mass is 316 g/mol. The number of nitrogens with zero attached hydrogens (tertiary/aromatic N) is 1. The van der Waals surface area contributed by atoms with Gasteiger partial charge < -0.3 is 15.4 Å². The van der Waals surface area contributed by atoms with Gasteiger partial charge in [0, 0.05) is 18.8 Å². The highest BCUT2D eigenvalue weighted by Crippen LogP contribution is 2.21. The molecule has 1 amide bonds. The van der Waals surface area contributed by atoms with E-state index in [1.165, 1.54) is 11.8 Å². The summed E-state index contributed by atoms with van der Waals surface area (Å²) in [4.78, 5) is 13.4. The highest BCUT2D eigenvalue weighted by molar-refractivity contribution is 7.92. The topological polar surface area (TPSA) is 89.7 Å². The minimum atomic E-state index is -3.98. The Morgan fingerprint density at radius 1 is 1.33 bits per heavy atom.